The summed E-state index contributed by atoms with van der Waals surface area (Å²) in [5.74, 6) is 0.922. The summed E-state index contributed by atoms with van der Waals surface area (Å²) in [6.45, 7) is 2.74. The van der Waals surface area contributed by atoms with Gasteiger partial charge in [0.25, 0.3) is 0 Å². The van der Waals surface area contributed by atoms with E-state index in [1.54, 1.807) is 0 Å². The number of fused-ring (bicyclic) bond motifs is 1. The second-order valence-electron chi connectivity index (χ2n) is 7.23. The lowest BCUT2D eigenvalue weighted by molar-refractivity contribution is -0.116. The van der Waals surface area contributed by atoms with Gasteiger partial charge in [-0.15, -0.1) is 0 Å². The highest BCUT2D eigenvalue weighted by atomic mass is 16.1. The first-order valence-electron chi connectivity index (χ1n) is 9.82. The van der Waals surface area contributed by atoms with Crippen LogP contribution in [0.4, 0.5) is 5.82 Å². The number of nitrogens with two attached hydrogens (primary N) is 1. The number of aryl methyl sites for hydroxylation is 2. The molecule has 2 aromatic rings. The molecule has 0 saturated carbocycles. The van der Waals surface area contributed by atoms with Gasteiger partial charge in [-0.2, -0.15) is 5.10 Å². The van der Waals surface area contributed by atoms with Crippen LogP contribution in [-0.2, 0) is 11.2 Å². The number of carbonyl (C=O) groups excluding carboxylic acids is 1. The largest absolute Gasteiger partial charge is 0.330 e. The molecule has 5 nitrogen and oxygen atoms in total. The molecule has 1 atom stereocenters. The van der Waals surface area contributed by atoms with E-state index in [2.05, 4.69) is 34.7 Å². The molecule has 0 saturated heterocycles. The van der Waals surface area contributed by atoms with Crippen LogP contribution in [0.2, 0.25) is 0 Å². The molecule has 5 heteroatoms. The molecule has 1 amide bonds. The van der Waals surface area contributed by atoms with Gasteiger partial charge in [-0.05, 0) is 56.7 Å². The van der Waals surface area contributed by atoms with Gasteiger partial charge in [0.2, 0.25) is 5.91 Å². The number of carbonyl (C=O) groups is 1. The van der Waals surface area contributed by atoms with Gasteiger partial charge in [-0.1, -0.05) is 37.1 Å². The quantitative estimate of drug-likeness (QED) is 0.705. The van der Waals surface area contributed by atoms with Crippen LogP contribution in [0.5, 0.6) is 0 Å². The molecule has 3 rings (SSSR count). The Kier molecular flexibility index (Phi) is 6.45. The highest BCUT2D eigenvalue weighted by molar-refractivity contribution is 5.90. The topological polar surface area (TPSA) is 72.9 Å². The van der Waals surface area contributed by atoms with Crippen LogP contribution < -0.4 is 11.1 Å². The fraction of sp³-hybridized carbons (Fsp3) is 0.524. The van der Waals surface area contributed by atoms with Crippen molar-refractivity contribution in [3.8, 4) is 0 Å². The SMILES string of the molecule is Cc1cnn(C2CCCc3ccccc32)c1NC(=O)CCCCCCN. The van der Waals surface area contributed by atoms with E-state index in [0.717, 1.165) is 62.9 Å². The Labute approximate surface area is 156 Å². The lowest BCUT2D eigenvalue weighted by atomic mass is 9.88. The van der Waals surface area contributed by atoms with Crippen LogP contribution >= 0.6 is 0 Å². The number of hydrogen-bond donors (Lipinski definition) is 2. The maximum absolute atomic E-state index is 12.4. The van der Waals surface area contributed by atoms with Gasteiger partial charge in [0, 0.05) is 12.0 Å². The predicted octanol–water partition coefficient (Wildman–Crippen LogP) is 3.96. The van der Waals surface area contributed by atoms with Gasteiger partial charge in [-0.3, -0.25) is 4.79 Å². The second kappa shape index (κ2) is 8.99. The Morgan fingerprint density at radius 3 is 2.92 bits per heavy atom. The summed E-state index contributed by atoms with van der Waals surface area (Å²) >= 11 is 0. The Morgan fingerprint density at radius 2 is 2.08 bits per heavy atom. The molecule has 0 spiro atoms. The Balaban J connectivity index is 1.69. The summed E-state index contributed by atoms with van der Waals surface area (Å²) in [7, 11) is 0. The maximum Gasteiger partial charge on any atom is 0.225 e. The molecule has 0 fully saturated rings. The predicted molar refractivity (Wildman–Crippen MR) is 105 cm³/mol. The van der Waals surface area contributed by atoms with Crippen molar-refractivity contribution in [3.63, 3.8) is 0 Å². The van der Waals surface area contributed by atoms with Gasteiger partial charge >= 0.3 is 0 Å². The summed E-state index contributed by atoms with van der Waals surface area (Å²) in [5.41, 5.74) is 9.26. The van der Waals surface area contributed by atoms with Gasteiger partial charge < -0.3 is 11.1 Å². The minimum Gasteiger partial charge on any atom is -0.330 e. The van der Waals surface area contributed by atoms with Gasteiger partial charge in [0.15, 0.2) is 0 Å². The van der Waals surface area contributed by atoms with E-state index >= 15 is 0 Å². The normalized spacial score (nSPS) is 16.3. The minimum atomic E-state index is 0.0756. The molecular weight excluding hydrogens is 324 g/mol. The summed E-state index contributed by atoms with van der Waals surface area (Å²) < 4.78 is 2.01. The third kappa shape index (κ3) is 4.33. The molecule has 140 valence electrons. The standard InChI is InChI=1S/C21H30N4O/c1-16-15-23-25(19-12-8-10-17-9-5-6-11-18(17)19)21(16)24-20(26)13-4-2-3-7-14-22/h5-6,9,11,15,19H,2-4,7-8,10,12-14,22H2,1H3,(H,24,26). The average Bonchev–Trinajstić information content (AvgIpc) is 3.01. The number of nitrogens with zero attached hydrogens (tertiary/aromatic N) is 2. The number of amides is 1. The third-order valence-corrected chi connectivity index (χ3v) is 5.23. The number of nitrogens with one attached hydrogen (secondary N) is 1. The number of rotatable bonds is 8. The van der Waals surface area contributed by atoms with Crippen molar-refractivity contribution in [1.82, 2.24) is 9.78 Å². The molecule has 0 bridgehead atoms. The summed E-state index contributed by atoms with van der Waals surface area (Å²) in [6.07, 6.45) is 9.83. The van der Waals surface area contributed by atoms with Crippen LogP contribution in [0.15, 0.2) is 30.5 Å². The number of aromatic nitrogens is 2. The Morgan fingerprint density at radius 1 is 1.27 bits per heavy atom. The van der Waals surface area contributed by atoms with Crippen LogP contribution in [0.25, 0.3) is 0 Å². The Bertz CT molecular complexity index is 737. The molecule has 1 aliphatic carbocycles. The molecule has 26 heavy (non-hydrogen) atoms. The number of hydrogen-bond acceptors (Lipinski definition) is 3. The molecule has 1 aromatic heterocycles. The number of anilines is 1. The molecule has 1 unspecified atom stereocenters. The molecule has 0 aliphatic heterocycles. The first-order valence-corrected chi connectivity index (χ1v) is 9.82. The van der Waals surface area contributed by atoms with Crippen molar-refractivity contribution in [1.29, 1.82) is 0 Å². The van der Waals surface area contributed by atoms with Gasteiger partial charge in [0.05, 0.1) is 12.2 Å². The van der Waals surface area contributed by atoms with Crippen molar-refractivity contribution < 1.29 is 4.79 Å². The lowest BCUT2D eigenvalue weighted by Crippen LogP contribution is -2.22. The van der Waals surface area contributed by atoms with E-state index in [4.69, 9.17) is 5.73 Å². The smallest absolute Gasteiger partial charge is 0.225 e. The highest BCUT2D eigenvalue weighted by Gasteiger charge is 2.25. The van der Waals surface area contributed by atoms with E-state index in [-0.39, 0.29) is 11.9 Å². The van der Waals surface area contributed by atoms with E-state index in [9.17, 15) is 4.79 Å². The van der Waals surface area contributed by atoms with Crippen molar-refractivity contribution in [2.24, 2.45) is 5.73 Å². The fourth-order valence-electron chi connectivity index (χ4n) is 3.80. The van der Waals surface area contributed by atoms with Gasteiger partial charge in [-0.25, -0.2) is 4.68 Å². The van der Waals surface area contributed by atoms with Crippen LogP contribution in [0.3, 0.4) is 0 Å². The molecule has 1 aromatic carbocycles. The molecule has 1 heterocycles. The van der Waals surface area contributed by atoms with Crippen LogP contribution in [0, 0.1) is 6.92 Å². The summed E-state index contributed by atoms with van der Waals surface area (Å²) in [5, 5.41) is 7.71. The molecule has 0 radical (unpaired) electrons. The first kappa shape index (κ1) is 18.6. The summed E-state index contributed by atoms with van der Waals surface area (Å²) in [4.78, 5) is 12.4. The third-order valence-electron chi connectivity index (χ3n) is 5.23. The number of benzene rings is 1. The van der Waals surface area contributed by atoms with Crippen molar-refractivity contribution in [3.05, 3.63) is 47.2 Å². The van der Waals surface area contributed by atoms with Gasteiger partial charge in [0.1, 0.15) is 5.82 Å². The molecular formula is C21H30N4O. The highest BCUT2D eigenvalue weighted by Crippen LogP contribution is 2.35. The van der Waals surface area contributed by atoms with E-state index in [1.165, 1.54) is 11.1 Å². The summed E-state index contributed by atoms with van der Waals surface area (Å²) in [6, 6.07) is 8.79. The van der Waals surface area contributed by atoms with E-state index in [0.29, 0.717) is 6.42 Å². The zero-order chi connectivity index (χ0) is 18.4. The van der Waals surface area contributed by atoms with Crippen molar-refractivity contribution >= 4 is 11.7 Å². The zero-order valence-corrected chi connectivity index (χ0v) is 15.7. The zero-order valence-electron chi connectivity index (χ0n) is 15.7. The fourth-order valence-corrected chi connectivity index (χ4v) is 3.80. The van der Waals surface area contributed by atoms with E-state index in [1.807, 2.05) is 17.8 Å². The first-order chi connectivity index (χ1) is 12.7. The Hall–Kier alpha value is -2.14. The lowest BCUT2D eigenvalue weighted by Gasteiger charge is -2.27. The average molecular weight is 354 g/mol. The van der Waals surface area contributed by atoms with Crippen LogP contribution in [-0.4, -0.2) is 22.2 Å². The molecule has 1 aliphatic rings. The van der Waals surface area contributed by atoms with Crippen molar-refractivity contribution in [2.75, 3.05) is 11.9 Å². The molecule has 3 N–H and O–H groups in total. The number of unbranched alkanes of at least 4 members (excludes halogenated alkanes) is 3. The van der Waals surface area contributed by atoms with Crippen LogP contribution in [0.1, 0.15) is 67.7 Å². The monoisotopic (exact) mass is 354 g/mol. The second-order valence-corrected chi connectivity index (χ2v) is 7.23. The minimum absolute atomic E-state index is 0.0756. The maximum atomic E-state index is 12.4. The van der Waals surface area contributed by atoms with Crippen molar-refractivity contribution in [2.45, 2.75) is 64.3 Å². The van der Waals surface area contributed by atoms with E-state index < -0.39 is 0 Å².